The summed E-state index contributed by atoms with van der Waals surface area (Å²) in [7, 11) is 2.08. The number of carbonyl (C=O) groups is 1. The highest BCUT2D eigenvalue weighted by Gasteiger charge is 2.20. The van der Waals surface area contributed by atoms with Gasteiger partial charge in [0.25, 0.3) is 5.91 Å². The van der Waals surface area contributed by atoms with Gasteiger partial charge in [-0.05, 0) is 65.0 Å². The number of carbonyl (C=O) groups excluding carboxylic acids is 1. The van der Waals surface area contributed by atoms with Gasteiger partial charge in [-0.25, -0.2) is 19.3 Å². The number of hydrogen-bond donors (Lipinski definition) is 1. The quantitative estimate of drug-likeness (QED) is 0.634. The first-order valence-corrected chi connectivity index (χ1v) is 11.2. The van der Waals surface area contributed by atoms with Crippen LogP contribution >= 0.6 is 0 Å². The van der Waals surface area contributed by atoms with Crippen LogP contribution in [0.1, 0.15) is 42.5 Å². The molecule has 0 atom stereocenters. The number of aromatic nitrogens is 4. The second-order valence-corrected chi connectivity index (χ2v) is 8.70. The van der Waals surface area contributed by atoms with Crippen LogP contribution in [0.15, 0.2) is 36.7 Å². The number of anilines is 2. The zero-order valence-electron chi connectivity index (χ0n) is 19.5. The van der Waals surface area contributed by atoms with Gasteiger partial charge in [-0.3, -0.25) is 4.79 Å². The second-order valence-electron chi connectivity index (χ2n) is 8.70. The van der Waals surface area contributed by atoms with Crippen molar-refractivity contribution in [2.24, 2.45) is 0 Å². The molecule has 0 aliphatic carbocycles. The molecule has 0 unspecified atom stereocenters. The molecule has 1 N–H and O–H groups in total. The zero-order chi connectivity index (χ0) is 23.5. The van der Waals surface area contributed by atoms with Crippen molar-refractivity contribution in [3.05, 3.63) is 53.9 Å². The number of aryl methyl sites for hydroxylation is 1. The Morgan fingerprint density at radius 1 is 1.06 bits per heavy atom. The van der Waals surface area contributed by atoms with E-state index in [1.54, 1.807) is 18.3 Å². The van der Waals surface area contributed by atoms with Crippen LogP contribution in [0.25, 0.3) is 11.4 Å². The first-order chi connectivity index (χ1) is 15.8. The number of hydrogen-bond acceptors (Lipinski definition) is 6. The minimum Gasteiger partial charge on any atom is -0.337 e. The Morgan fingerprint density at radius 2 is 1.82 bits per heavy atom. The van der Waals surface area contributed by atoms with Crippen molar-refractivity contribution in [3.8, 4) is 11.4 Å². The van der Waals surface area contributed by atoms with Gasteiger partial charge in [0.2, 0.25) is 5.95 Å². The molecule has 0 radical (unpaired) electrons. The van der Waals surface area contributed by atoms with Gasteiger partial charge in [-0.15, -0.1) is 0 Å². The van der Waals surface area contributed by atoms with E-state index in [2.05, 4.69) is 32.2 Å². The lowest BCUT2D eigenvalue weighted by Gasteiger charge is -2.20. The summed E-state index contributed by atoms with van der Waals surface area (Å²) in [6.07, 6.45) is 3.76. The minimum atomic E-state index is -0.508. The molecule has 174 valence electrons. The van der Waals surface area contributed by atoms with Crippen molar-refractivity contribution in [2.45, 2.75) is 33.2 Å². The lowest BCUT2D eigenvalue weighted by atomic mass is 10.1. The first-order valence-electron chi connectivity index (χ1n) is 11.2. The van der Waals surface area contributed by atoms with Crippen LogP contribution in [0.5, 0.6) is 0 Å². The van der Waals surface area contributed by atoms with E-state index in [9.17, 15) is 9.18 Å². The molecule has 3 heterocycles. The Hall–Kier alpha value is -3.33. The SMILES string of the molecule is Cc1ncc(-c2nc(Nc3ccc(C(=O)N4CCCN(C)CC4)cc3)ncc2F)n1C(C)C. The van der Waals surface area contributed by atoms with Crippen LogP contribution in [0.3, 0.4) is 0 Å². The van der Waals surface area contributed by atoms with Gasteiger partial charge in [0.05, 0.1) is 18.1 Å². The third-order valence-corrected chi connectivity index (χ3v) is 5.88. The molecule has 3 aromatic rings. The Balaban J connectivity index is 1.51. The molecule has 1 aromatic carbocycles. The van der Waals surface area contributed by atoms with E-state index in [4.69, 9.17) is 0 Å². The molecule has 33 heavy (non-hydrogen) atoms. The van der Waals surface area contributed by atoms with E-state index in [0.29, 0.717) is 16.9 Å². The van der Waals surface area contributed by atoms with E-state index in [-0.39, 0.29) is 23.6 Å². The molecule has 1 aliphatic rings. The van der Waals surface area contributed by atoms with Gasteiger partial charge in [0.1, 0.15) is 11.5 Å². The number of benzene rings is 1. The first kappa shape index (κ1) is 22.8. The fourth-order valence-corrected chi connectivity index (χ4v) is 4.14. The van der Waals surface area contributed by atoms with Gasteiger partial charge in [0, 0.05) is 36.9 Å². The number of halogens is 1. The third kappa shape index (κ3) is 5.03. The van der Waals surface area contributed by atoms with Gasteiger partial charge in [-0.2, -0.15) is 0 Å². The molecule has 1 saturated heterocycles. The van der Waals surface area contributed by atoms with Crippen molar-refractivity contribution in [3.63, 3.8) is 0 Å². The molecule has 2 aromatic heterocycles. The van der Waals surface area contributed by atoms with Crippen molar-refractivity contribution in [2.75, 3.05) is 38.5 Å². The maximum absolute atomic E-state index is 14.6. The molecular formula is C24H30FN7O. The molecule has 1 amide bonds. The predicted octanol–water partition coefficient (Wildman–Crippen LogP) is 3.89. The number of amides is 1. The zero-order valence-corrected chi connectivity index (χ0v) is 19.5. The highest BCUT2D eigenvalue weighted by atomic mass is 19.1. The maximum Gasteiger partial charge on any atom is 0.253 e. The molecule has 1 fully saturated rings. The Morgan fingerprint density at radius 3 is 2.55 bits per heavy atom. The van der Waals surface area contributed by atoms with Crippen LogP contribution in [0.2, 0.25) is 0 Å². The number of likely N-dealkylation sites (N-methyl/N-ethyl adjacent to an activating group) is 1. The van der Waals surface area contributed by atoms with Crippen LogP contribution in [0.4, 0.5) is 16.0 Å². The fourth-order valence-electron chi connectivity index (χ4n) is 4.14. The van der Waals surface area contributed by atoms with E-state index >= 15 is 0 Å². The summed E-state index contributed by atoms with van der Waals surface area (Å²) in [5.74, 6) is 0.597. The summed E-state index contributed by atoms with van der Waals surface area (Å²) in [5.41, 5.74) is 2.16. The lowest BCUT2D eigenvalue weighted by Crippen LogP contribution is -2.34. The summed E-state index contributed by atoms with van der Waals surface area (Å²) in [6, 6.07) is 7.32. The second kappa shape index (κ2) is 9.66. The Bertz CT molecular complexity index is 1130. The molecule has 9 heteroatoms. The average Bonchev–Trinajstić information content (AvgIpc) is 3.05. The van der Waals surface area contributed by atoms with Gasteiger partial charge in [0.15, 0.2) is 5.82 Å². The van der Waals surface area contributed by atoms with Crippen molar-refractivity contribution in [1.82, 2.24) is 29.3 Å². The van der Waals surface area contributed by atoms with E-state index in [0.717, 1.165) is 44.6 Å². The molecule has 0 bridgehead atoms. The predicted molar refractivity (Wildman–Crippen MR) is 126 cm³/mol. The van der Waals surface area contributed by atoms with E-state index < -0.39 is 5.82 Å². The summed E-state index contributed by atoms with van der Waals surface area (Å²) in [6.45, 7) is 9.30. The monoisotopic (exact) mass is 451 g/mol. The molecule has 0 saturated carbocycles. The maximum atomic E-state index is 14.6. The fraction of sp³-hybridized carbons (Fsp3) is 0.417. The van der Waals surface area contributed by atoms with Crippen LogP contribution in [-0.4, -0.2) is 68.5 Å². The normalized spacial score (nSPS) is 15.0. The average molecular weight is 452 g/mol. The highest BCUT2D eigenvalue weighted by Crippen LogP contribution is 2.26. The Labute approximate surface area is 193 Å². The highest BCUT2D eigenvalue weighted by molar-refractivity contribution is 5.94. The van der Waals surface area contributed by atoms with Crippen molar-refractivity contribution < 1.29 is 9.18 Å². The number of rotatable bonds is 5. The Kier molecular flexibility index (Phi) is 6.69. The molecule has 4 rings (SSSR count). The smallest absolute Gasteiger partial charge is 0.253 e. The van der Waals surface area contributed by atoms with E-state index in [1.807, 2.05) is 42.4 Å². The number of nitrogens with zero attached hydrogens (tertiary/aromatic N) is 6. The lowest BCUT2D eigenvalue weighted by molar-refractivity contribution is 0.0763. The van der Waals surface area contributed by atoms with Crippen molar-refractivity contribution >= 4 is 17.5 Å². The standard InChI is InChI=1S/C24H30FN7O/c1-16(2)32-17(3)26-15-21(32)22-20(25)14-27-24(29-22)28-19-8-6-18(7-9-19)23(33)31-11-5-10-30(4)12-13-31/h6-9,14-16H,5,10-13H2,1-4H3,(H,27,28,29). The van der Waals surface area contributed by atoms with Crippen LogP contribution < -0.4 is 5.32 Å². The van der Waals surface area contributed by atoms with Crippen molar-refractivity contribution in [1.29, 1.82) is 0 Å². The number of imidazole rings is 1. The van der Waals surface area contributed by atoms with Gasteiger partial charge < -0.3 is 19.7 Å². The van der Waals surface area contributed by atoms with Crippen LogP contribution in [-0.2, 0) is 0 Å². The molecule has 0 spiro atoms. The summed E-state index contributed by atoms with van der Waals surface area (Å²) in [5, 5.41) is 3.11. The van der Waals surface area contributed by atoms with Gasteiger partial charge in [-0.1, -0.05) is 0 Å². The summed E-state index contributed by atoms with van der Waals surface area (Å²) >= 11 is 0. The number of nitrogens with one attached hydrogen (secondary N) is 1. The molecule has 8 nitrogen and oxygen atoms in total. The molecular weight excluding hydrogens is 421 g/mol. The van der Waals surface area contributed by atoms with Crippen LogP contribution in [0, 0.1) is 12.7 Å². The largest absolute Gasteiger partial charge is 0.337 e. The van der Waals surface area contributed by atoms with Gasteiger partial charge >= 0.3 is 0 Å². The summed E-state index contributed by atoms with van der Waals surface area (Å²) < 4.78 is 16.5. The third-order valence-electron chi connectivity index (χ3n) is 5.88. The summed E-state index contributed by atoms with van der Waals surface area (Å²) in [4.78, 5) is 29.8. The van der Waals surface area contributed by atoms with E-state index in [1.165, 1.54) is 0 Å². The molecule has 1 aliphatic heterocycles. The minimum absolute atomic E-state index is 0.0366. The topological polar surface area (TPSA) is 79.2 Å².